The third-order valence-electron chi connectivity index (χ3n) is 6.49. The van der Waals surface area contributed by atoms with Crippen molar-refractivity contribution in [3.63, 3.8) is 0 Å². The van der Waals surface area contributed by atoms with Gasteiger partial charge in [-0.3, -0.25) is 15.1 Å². The molecule has 3 aromatic rings. The Morgan fingerprint density at radius 1 is 1.06 bits per heavy atom. The van der Waals surface area contributed by atoms with Gasteiger partial charge in [-0.05, 0) is 48.4 Å². The number of ketones is 1. The molecule has 5 rings (SSSR count). The molecule has 4 nitrogen and oxygen atoms in total. The van der Waals surface area contributed by atoms with Gasteiger partial charge in [0.2, 0.25) is 0 Å². The third-order valence-corrected chi connectivity index (χ3v) is 7.42. The van der Waals surface area contributed by atoms with Crippen LogP contribution in [0.25, 0.3) is 5.76 Å². The highest BCUT2D eigenvalue weighted by Crippen LogP contribution is 2.48. The minimum absolute atomic E-state index is 0.0547. The monoisotopic (exact) mass is 454 g/mol. The quantitative estimate of drug-likeness (QED) is 0.423. The van der Waals surface area contributed by atoms with Crippen molar-refractivity contribution in [2.75, 3.05) is 4.90 Å². The highest BCUT2D eigenvalue weighted by molar-refractivity contribution is 7.10. The molecule has 1 aliphatic heterocycles. The van der Waals surface area contributed by atoms with Gasteiger partial charge in [0.15, 0.2) is 5.78 Å². The van der Waals surface area contributed by atoms with Crippen molar-refractivity contribution in [1.82, 2.24) is 0 Å². The van der Waals surface area contributed by atoms with E-state index >= 15 is 0 Å². The number of hydrogen-bond donors (Lipinski definition) is 2. The first-order valence-electron chi connectivity index (χ1n) is 11.4. The van der Waals surface area contributed by atoms with Crippen LogP contribution in [0.1, 0.15) is 48.1 Å². The maximum Gasteiger partial charge on any atom is 0.161 e. The number of carbonyl (C=O) groups excluding carboxylic acids is 1. The molecule has 0 spiro atoms. The number of thiophene rings is 1. The molecular formula is C28H26N2O2S. The van der Waals surface area contributed by atoms with E-state index in [9.17, 15) is 15.3 Å². The van der Waals surface area contributed by atoms with E-state index in [0.29, 0.717) is 17.6 Å². The molecule has 2 heterocycles. The molecular weight excluding hydrogens is 428 g/mol. The zero-order valence-corrected chi connectivity index (χ0v) is 19.4. The molecule has 1 aliphatic carbocycles. The highest BCUT2D eigenvalue weighted by Gasteiger charge is 2.43. The normalized spacial score (nSPS) is 20.2. The number of anilines is 1. The number of hydrogen-bond acceptors (Lipinski definition) is 4. The Morgan fingerprint density at radius 3 is 2.48 bits per heavy atom. The second-order valence-electron chi connectivity index (χ2n) is 8.42. The van der Waals surface area contributed by atoms with Crippen molar-refractivity contribution >= 4 is 34.4 Å². The molecule has 1 aromatic heterocycles. The number of nitrogens with one attached hydrogen (secondary N) is 1. The standard InChI is InChI=1S/C28H26N2O2S/c1-2-18-13-15-20(16-14-18)30-21-10-6-11-22(31)24(21)25(23-12-7-17-33-23)26(28(30)29)27(32)19-8-4-3-5-9-19/h3-5,7-9,12-17,25,29,32H,2,6,10-11H2,1H3/b27-26+,29-28?. The number of benzene rings is 2. The smallest absolute Gasteiger partial charge is 0.161 e. The number of rotatable bonds is 4. The van der Waals surface area contributed by atoms with Crippen LogP contribution in [0.4, 0.5) is 5.69 Å². The maximum atomic E-state index is 13.4. The number of carbonyl (C=O) groups is 1. The van der Waals surface area contributed by atoms with E-state index in [0.717, 1.165) is 41.1 Å². The van der Waals surface area contributed by atoms with Crippen LogP contribution in [0.5, 0.6) is 0 Å². The Labute approximate surface area is 198 Å². The van der Waals surface area contributed by atoms with Crippen molar-refractivity contribution in [2.45, 2.75) is 38.5 Å². The van der Waals surface area contributed by atoms with Gasteiger partial charge in [-0.1, -0.05) is 55.5 Å². The van der Waals surface area contributed by atoms with E-state index < -0.39 is 5.92 Å². The Hall–Kier alpha value is -3.44. The van der Waals surface area contributed by atoms with E-state index in [4.69, 9.17) is 0 Å². The molecule has 2 aromatic carbocycles. The lowest BCUT2D eigenvalue weighted by Crippen LogP contribution is -2.42. The molecule has 1 atom stereocenters. The minimum Gasteiger partial charge on any atom is -0.507 e. The Kier molecular flexibility index (Phi) is 5.73. The summed E-state index contributed by atoms with van der Waals surface area (Å²) in [5, 5.41) is 22.8. The minimum atomic E-state index is -0.438. The predicted molar refractivity (Wildman–Crippen MR) is 135 cm³/mol. The van der Waals surface area contributed by atoms with Gasteiger partial charge in [-0.25, -0.2) is 0 Å². The van der Waals surface area contributed by atoms with Gasteiger partial charge in [-0.15, -0.1) is 11.3 Å². The summed E-state index contributed by atoms with van der Waals surface area (Å²) >= 11 is 1.56. The van der Waals surface area contributed by atoms with Gasteiger partial charge in [0.25, 0.3) is 0 Å². The molecule has 0 saturated carbocycles. The second kappa shape index (κ2) is 8.83. The lowest BCUT2D eigenvalue weighted by molar-refractivity contribution is -0.116. The average Bonchev–Trinajstić information content (AvgIpc) is 3.38. The number of amidine groups is 1. The molecule has 33 heavy (non-hydrogen) atoms. The van der Waals surface area contributed by atoms with Crippen LogP contribution in [0.3, 0.4) is 0 Å². The van der Waals surface area contributed by atoms with Gasteiger partial charge in [0.05, 0.1) is 11.5 Å². The SMILES string of the molecule is CCc1ccc(N2C(=N)/C(=C(/O)c3ccccc3)C(c3cccs3)C3=C2CCCC3=O)cc1. The number of aliphatic hydroxyl groups is 1. The molecule has 1 unspecified atom stereocenters. The van der Waals surface area contributed by atoms with Crippen molar-refractivity contribution in [2.24, 2.45) is 0 Å². The zero-order chi connectivity index (χ0) is 22.9. The summed E-state index contributed by atoms with van der Waals surface area (Å²) in [6.07, 6.45) is 2.94. The third kappa shape index (κ3) is 3.72. The van der Waals surface area contributed by atoms with E-state index in [1.165, 1.54) is 5.56 Å². The molecule has 5 heteroatoms. The molecule has 0 radical (unpaired) electrons. The number of aliphatic hydroxyl groups excluding tert-OH is 1. The van der Waals surface area contributed by atoms with Crippen LogP contribution in [0.15, 0.2) is 89.0 Å². The van der Waals surface area contributed by atoms with E-state index in [-0.39, 0.29) is 17.4 Å². The Morgan fingerprint density at radius 2 is 1.82 bits per heavy atom. The average molecular weight is 455 g/mol. The predicted octanol–water partition coefficient (Wildman–Crippen LogP) is 6.87. The van der Waals surface area contributed by atoms with Crippen LogP contribution in [-0.4, -0.2) is 16.7 Å². The van der Waals surface area contributed by atoms with Crippen LogP contribution >= 0.6 is 11.3 Å². The molecule has 0 bridgehead atoms. The summed E-state index contributed by atoms with van der Waals surface area (Å²) in [4.78, 5) is 16.2. The van der Waals surface area contributed by atoms with Gasteiger partial charge in [-0.2, -0.15) is 0 Å². The van der Waals surface area contributed by atoms with Gasteiger partial charge in [0, 0.05) is 33.8 Å². The molecule has 0 saturated heterocycles. The van der Waals surface area contributed by atoms with Crippen LogP contribution < -0.4 is 4.90 Å². The van der Waals surface area contributed by atoms with Crippen LogP contribution in [0, 0.1) is 5.41 Å². The number of nitrogens with zero attached hydrogens (tertiary/aromatic N) is 1. The molecule has 2 aliphatic rings. The Bertz CT molecular complexity index is 1250. The summed E-state index contributed by atoms with van der Waals surface area (Å²) < 4.78 is 0. The molecule has 0 amide bonds. The van der Waals surface area contributed by atoms with Gasteiger partial charge < -0.3 is 5.11 Å². The summed E-state index contributed by atoms with van der Waals surface area (Å²) in [5.41, 5.74) is 4.81. The van der Waals surface area contributed by atoms with Gasteiger partial charge in [0.1, 0.15) is 11.6 Å². The maximum absolute atomic E-state index is 13.4. The van der Waals surface area contributed by atoms with Crippen LogP contribution in [-0.2, 0) is 11.2 Å². The van der Waals surface area contributed by atoms with Crippen LogP contribution in [0.2, 0.25) is 0 Å². The molecule has 0 fully saturated rings. The van der Waals surface area contributed by atoms with Crippen molar-refractivity contribution < 1.29 is 9.90 Å². The molecule has 2 N–H and O–H groups in total. The van der Waals surface area contributed by atoms with Crippen molar-refractivity contribution in [1.29, 1.82) is 5.41 Å². The van der Waals surface area contributed by atoms with Gasteiger partial charge >= 0.3 is 0 Å². The van der Waals surface area contributed by atoms with Crippen molar-refractivity contribution in [3.05, 3.63) is 105 Å². The lowest BCUT2D eigenvalue weighted by Gasteiger charge is -2.41. The highest BCUT2D eigenvalue weighted by atomic mass is 32.1. The number of allylic oxidation sites excluding steroid dienone is 2. The number of aryl methyl sites for hydroxylation is 1. The van der Waals surface area contributed by atoms with E-state index in [1.54, 1.807) is 11.3 Å². The number of Topliss-reactive ketones (excluding diaryl/α,β-unsaturated/α-hetero) is 1. The second-order valence-corrected chi connectivity index (χ2v) is 9.40. The first-order chi connectivity index (χ1) is 16.1. The topological polar surface area (TPSA) is 64.4 Å². The zero-order valence-electron chi connectivity index (χ0n) is 18.5. The lowest BCUT2D eigenvalue weighted by atomic mass is 9.76. The summed E-state index contributed by atoms with van der Waals surface area (Å²) in [5.74, 6) is -0.0473. The van der Waals surface area contributed by atoms with Crippen molar-refractivity contribution in [3.8, 4) is 0 Å². The fourth-order valence-corrected chi connectivity index (χ4v) is 5.69. The Balaban J connectivity index is 1.79. The summed E-state index contributed by atoms with van der Waals surface area (Å²) in [7, 11) is 0. The fourth-order valence-electron chi connectivity index (χ4n) is 4.85. The summed E-state index contributed by atoms with van der Waals surface area (Å²) in [6, 6.07) is 21.5. The largest absolute Gasteiger partial charge is 0.507 e. The first-order valence-corrected chi connectivity index (χ1v) is 12.2. The molecule has 166 valence electrons. The summed E-state index contributed by atoms with van der Waals surface area (Å²) in [6.45, 7) is 2.11. The fraction of sp³-hybridized carbons (Fsp3) is 0.214. The first kappa shape index (κ1) is 21.4. The van der Waals surface area contributed by atoms with E-state index in [1.807, 2.05) is 64.9 Å². The van der Waals surface area contributed by atoms with E-state index in [2.05, 4.69) is 19.1 Å².